The fraction of sp³-hybridized carbons (Fsp3) is 0.167. The van der Waals surface area contributed by atoms with Crippen molar-refractivity contribution in [2.45, 2.75) is 6.92 Å². The normalized spacial score (nSPS) is 10.4. The number of nitrogen functional groups attached to an aromatic ring is 1. The molecular weight excluding hydrogens is 334 g/mol. The quantitative estimate of drug-likeness (QED) is 0.730. The average molecular weight is 353 g/mol. The van der Waals surface area contributed by atoms with Gasteiger partial charge in [-0.3, -0.25) is 4.79 Å². The Morgan fingerprint density at radius 3 is 2.50 bits per heavy atom. The summed E-state index contributed by atoms with van der Waals surface area (Å²) in [5.41, 5.74) is 8.40. The van der Waals surface area contributed by atoms with Crippen LogP contribution in [-0.2, 0) is 0 Å². The number of aromatic nitrogens is 3. The topological polar surface area (TPSA) is 104 Å². The first-order valence-corrected chi connectivity index (χ1v) is 7.85. The van der Waals surface area contributed by atoms with E-state index in [1.165, 1.54) is 11.8 Å². The van der Waals surface area contributed by atoms with Crippen molar-refractivity contribution < 1.29 is 14.3 Å². The Balaban J connectivity index is 1.93. The molecule has 2 aromatic carbocycles. The van der Waals surface area contributed by atoms with Crippen LogP contribution in [0.4, 0.5) is 11.5 Å². The number of hydrogen-bond acceptors (Lipinski definition) is 6. The van der Waals surface area contributed by atoms with Crippen LogP contribution < -0.4 is 20.5 Å². The summed E-state index contributed by atoms with van der Waals surface area (Å²) >= 11 is 0. The van der Waals surface area contributed by atoms with Crippen molar-refractivity contribution in [2.24, 2.45) is 0 Å². The molecule has 0 atom stereocenters. The molecule has 0 unspecified atom stereocenters. The Morgan fingerprint density at radius 1 is 1.12 bits per heavy atom. The van der Waals surface area contributed by atoms with Crippen LogP contribution in [0.15, 0.2) is 42.5 Å². The van der Waals surface area contributed by atoms with E-state index in [1.807, 2.05) is 19.1 Å². The number of nitrogens with one attached hydrogen (secondary N) is 1. The molecule has 26 heavy (non-hydrogen) atoms. The second kappa shape index (κ2) is 7.14. The lowest BCUT2D eigenvalue weighted by Crippen LogP contribution is -2.15. The molecule has 0 aliphatic carbocycles. The van der Waals surface area contributed by atoms with Gasteiger partial charge in [0.15, 0.2) is 11.5 Å². The highest BCUT2D eigenvalue weighted by molar-refractivity contribution is 6.05. The molecule has 0 spiro atoms. The number of rotatable bonds is 5. The van der Waals surface area contributed by atoms with E-state index >= 15 is 0 Å². The summed E-state index contributed by atoms with van der Waals surface area (Å²) in [7, 11) is 3.08. The third-order valence-electron chi connectivity index (χ3n) is 3.84. The van der Waals surface area contributed by atoms with Crippen LogP contribution in [0.5, 0.6) is 11.5 Å². The molecule has 8 nitrogen and oxygen atoms in total. The van der Waals surface area contributed by atoms with Crippen molar-refractivity contribution in [3.8, 4) is 17.2 Å². The number of nitrogens with two attached hydrogens (primary N) is 1. The molecule has 134 valence electrons. The summed E-state index contributed by atoms with van der Waals surface area (Å²) in [6.45, 7) is 1.97. The predicted octanol–water partition coefficient (Wildman–Crippen LogP) is 2.43. The second-order valence-electron chi connectivity index (χ2n) is 5.59. The highest BCUT2D eigenvalue weighted by Crippen LogP contribution is 2.29. The number of benzene rings is 2. The van der Waals surface area contributed by atoms with Gasteiger partial charge < -0.3 is 20.5 Å². The number of hydrogen-bond donors (Lipinski definition) is 2. The smallest absolute Gasteiger partial charge is 0.280 e. The number of carbonyl (C=O) groups excluding carboxylic acids is 1. The first-order valence-electron chi connectivity index (χ1n) is 7.85. The molecule has 3 aromatic rings. The molecule has 1 aromatic heterocycles. The highest BCUT2D eigenvalue weighted by atomic mass is 16.5. The predicted molar refractivity (Wildman–Crippen MR) is 98.0 cm³/mol. The van der Waals surface area contributed by atoms with Gasteiger partial charge in [0.1, 0.15) is 17.2 Å². The summed E-state index contributed by atoms with van der Waals surface area (Å²) in [4.78, 5) is 12.5. The number of anilines is 2. The van der Waals surface area contributed by atoms with Crippen molar-refractivity contribution in [3.05, 3.63) is 53.7 Å². The number of ether oxygens (including phenoxy) is 2. The van der Waals surface area contributed by atoms with Gasteiger partial charge in [-0.05, 0) is 31.2 Å². The fourth-order valence-electron chi connectivity index (χ4n) is 2.42. The van der Waals surface area contributed by atoms with E-state index in [1.54, 1.807) is 37.4 Å². The zero-order valence-corrected chi connectivity index (χ0v) is 14.7. The first kappa shape index (κ1) is 17.3. The van der Waals surface area contributed by atoms with Gasteiger partial charge >= 0.3 is 0 Å². The van der Waals surface area contributed by atoms with E-state index in [0.29, 0.717) is 22.9 Å². The molecule has 0 saturated carbocycles. The fourth-order valence-corrected chi connectivity index (χ4v) is 2.42. The third-order valence-corrected chi connectivity index (χ3v) is 3.84. The SMILES string of the molecule is COc1ccc(OC)c(-n2nnc(C(=O)Nc3ccc(C)cc3)c2N)c1. The summed E-state index contributed by atoms with van der Waals surface area (Å²) in [5.74, 6) is 0.773. The molecule has 0 radical (unpaired) electrons. The molecule has 0 aliphatic rings. The standard InChI is InChI=1S/C18H19N5O3/c1-11-4-6-12(7-5-11)20-18(24)16-17(19)23(22-21-16)14-10-13(25-2)8-9-15(14)26-3/h4-10H,19H2,1-3H3,(H,20,24). The van der Waals surface area contributed by atoms with Gasteiger partial charge in [0.05, 0.1) is 14.2 Å². The Hall–Kier alpha value is -3.55. The van der Waals surface area contributed by atoms with E-state index in [-0.39, 0.29) is 11.5 Å². The van der Waals surface area contributed by atoms with Gasteiger partial charge in [-0.1, -0.05) is 22.9 Å². The Morgan fingerprint density at radius 2 is 1.85 bits per heavy atom. The van der Waals surface area contributed by atoms with E-state index in [9.17, 15) is 4.79 Å². The third kappa shape index (κ3) is 3.30. The van der Waals surface area contributed by atoms with Gasteiger partial charge in [0, 0.05) is 11.8 Å². The summed E-state index contributed by atoms with van der Waals surface area (Å²) in [5, 5.41) is 10.7. The lowest BCUT2D eigenvalue weighted by atomic mass is 10.2. The maximum absolute atomic E-state index is 12.5. The van der Waals surface area contributed by atoms with Crippen LogP contribution in [-0.4, -0.2) is 35.1 Å². The summed E-state index contributed by atoms with van der Waals surface area (Å²) in [6.07, 6.45) is 0. The van der Waals surface area contributed by atoms with Crippen LogP contribution in [0.2, 0.25) is 0 Å². The zero-order chi connectivity index (χ0) is 18.7. The number of aryl methyl sites for hydroxylation is 1. The van der Waals surface area contributed by atoms with Crippen LogP contribution in [0.1, 0.15) is 16.1 Å². The maximum Gasteiger partial charge on any atom is 0.280 e. The van der Waals surface area contributed by atoms with Crippen LogP contribution >= 0.6 is 0 Å². The molecule has 3 rings (SSSR count). The number of nitrogens with zero attached hydrogens (tertiary/aromatic N) is 3. The molecule has 1 amide bonds. The van der Waals surface area contributed by atoms with Gasteiger partial charge in [-0.2, -0.15) is 4.68 Å². The van der Waals surface area contributed by atoms with Gasteiger partial charge in [-0.25, -0.2) is 0 Å². The monoisotopic (exact) mass is 353 g/mol. The Kier molecular flexibility index (Phi) is 4.74. The van der Waals surface area contributed by atoms with Crippen molar-refractivity contribution in [1.29, 1.82) is 0 Å². The van der Waals surface area contributed by atoms with E-state index in [0.717, 1.165) is 5.56 Å². The molecule has 0 fully saturated rings. The molecular formula is C18H19N5O3. The molecule has 3 N–H and O–H groups in total. The summed E-state index contributed by atoms with van der Waals surface area (Å²) < 4.78 is 11.9. The minimum Gasteiger partial charge on any atom is -0.497 e. The highest BCUT2D eigenvalue weighted by Gasteiger charge is 2.20. The Labute approximate surface area is 150 Å². The van der Waals surface area contributed by atoms with Crippen LogP contribution in [0, 0.1) is 6.92 Å². The van der Waals surface area contributed by atoms with Crippen molar-refractivity contribution in [1.82, 2.24) is 15.0 Å². The molecule has 0 bridgehead atoms. The first-order chi connectivity index (χ1) is 12.5. The van der Waals surface area contributed by atoms with Crippen LogP contribution in [0.3, 0.4) is 0 Å². The van der Waals surface area contributed by atoms with E-state index in [2.05, 4.69) is 15.6 Å². The minimum atomic E-state index is -0.445. The molecule has 0 aliphatic heterocycles. The van der Waals surface area contributed by atoms with Crippen molar-refractivity contribution >= 4 is 17.4 Å². The summed E-state index contributed by atoms with van der Waals surface area (Å²) in [6, 6.07) is 12.6. The van der Waals surface area contributed by atoms with Gasteiger partial charge in [0.25, 0.3) is 5.91 Å². The lowest BCUT2D eigenvalue weighted by molar-refractivity contribution is 0.102. The molecule has 8 heteroatoms. The molecule has 0 saturated heterocycles. The van der Waals surface area contributed by atoms with Gasteiger partial charge in [0.2, 0.25) is 0 Å². The van der Waals surface area contributed by atoms with Crippen molar-refractivity contribution in [3.63, 3.8) is 0 Å². The van der Waals surface area contributed by atoms with Gasteiger partial charge in [-0.15, -0.1) is 5.10 Å². The Bertz CT molecular complexity index is 934. The minimum absolute atomic E-state index is 0.0236. The second-order valence-corrected chi connectivity index (χ2v) is 5.59. The lowest BCUT2D eigenvalue weighted by Gasteiger charge is -2.11. The maximum atomic E-state index is 12.5. The number of methoxy groups -OCH3 is 2. The van der Waals surface area contributed by atoms with Crippen LogP contribution in [0.25, 0.3) is 5.69 Å². The van der Waals surface area contributed by atoms with Crippen molar-refractivity contribution in [2.75, 3.05) is 25.3 Å². The van der Waals surface area contributed by atoms with E-state index in [4.69, 9.17) is 15.2 Å². The largest absolute Gasteiger partial charge is 0.497 e. The average Bonchev–Trinajstić information content (AvgIpc) is 3.04. The zero-order valence-electron chi connectivity index (χ0n) is 14.7. The van der Waals surface area contributed by atoms with E-state index < -0.39 is 5.91 Å². The number of carbonyl (C=O) groups is 1. The molecule has 1 heterocycles. The number of amides is 1.